The molecule has 5 rings (SSSR count). The summed E-state index contributed by atoms with van der Waals surface area (Å²) < 4.78 is 16.0. The maximum Gasteiger partial charge on any atom is 1.00 e. The van der Waals surface area contributed by atoms with Gasteiger partial charge in [0, 0.05) is 32.4 Å². The van der Waals surface area contributed by atoms with Crippen LogP contribution in [0.2, 0.25) is 0 Å². The van der Waals surface area contributed by atoms with Crippen molar-refractivity contribution in [1.82, 2.24) is 9.97 Å². The molecule has 44 heavy (non-hydrogen) atoms. The second kappa shape index (κ2) is 25.0. The molecule has 3 heterocycles. The molecule has 1 aliphatic heterocycles. The van der Waals surface area contributed by atoms with Crippen LogP contribution < -0.4 is 39.0 Å². The molecule has 3 radical (unpaired) electrons. The summed E-state index contributed by atoms with van der Waals surface area (Å²) in [4.78, 5) is 19.2. The topological polar surface area (TPSA) is 142 Å². The van der Waals surface area contributed by atoms with Gasteiger partial charge >= 0.3 is 35.5 Å². The van der Waals surface area contributed by atoms with E-state index in [2.05, 4.69) is 9.97 Å². The molecule has 0 spiro atoms. The standard InChI is InChI=1S/C13H13NO3S.C13H15NO2S.C4H7O.CH4.B.Na.H2O/c1-9-14-11(8-18-9)7-17-12-4-2-10(3-5-12)6-13(15)16;1-10-14-12(9-17-10)8-16-13-4-2-11(3-5-13)6-7-15;1-2-4-5-3-1;;;;/h2-5,8H,6-7H2,1H3,(H,15,16);2-5,9,15H,6-8H2,1H3;3H,1-2,4H2;1H4;;;1H2/q;;-1;;;+1;. The van der Waals surface area contributed by atoms with Gasteiger partial charge in [-0.1, -0.05) is 38.1 Å². The Labute approximate surface area is 292 Å². The summed E-state index contributed by atoms with van der Waals surface area (Å²) in [5.41, 5.74) is 3.75. The first-order chi connectivity index (χ1) is 19.4. The van der Waals surface area contributed by atoms with Gasteiger partial charge in [-0.15, -0.1) is 22.7 Å². The van der Waals surface area contributed by atoms with Gasteiger partial charge in [-0.3, -0.25) is 4.79 Å². The first-order valence-electron chi connectivity index (χ1n) is 12.9. The number of aliphatic hydroxyl groups excluding tert-OH is 1. The summed E-state index contributed by atoms with van der Waals surface area (Å²) in [6.07, 6.45) is 3.09. The zero-order valence-corrected chi connectivity index (χ0v) is 28.5. The molecule has 1 aliphatic rings. The first-order valence-corrected chi connectivity index (χ1v) is 14.7. The fourth-order valence-corrected chi connectivity index (χ4v) is 4.63. The number of carboxylic acids is 1. The van der Waals surface area contributed by atoms with Gasteiger partial charge in [0.25, 0.3) is 0 Å². The maximum absolute atomic E-state index is 10.5. The minimum atomic E-state index is -0.832. The second-order valence-corrected chi connectivity index (χ2v) is 10.9. The van der Waals surface area contributed by atoms with Crippen molar-refractivity contribution in [2.45, 2.75) is 60.2 Å². The van der Waals surface area contributed by atoms with Crippen molar-refractivity contribution in [1.29, 1.82) is 0 Å². The van der Waals surface area contributed by atoms with Crippen LogP contribution >= 0.6 is 22.7 Å². The van der Waals surface area contributed by atoms with Gasteiger partial charge in [0.15, 0.2) is 0 Å². The third-order valence-corrected chi connectivity index (χ3v) is 7.06. The number of ether oxygens (including phenoxy) is 3. The minimum absolute atomic E-state index is 0. The zero-order chi connectivity index (χ0) is 28.6. The first kappa shape index (κ1) is 43.8. The van der Waals surface area contributed by atoms with Crippen molar-refractivity contribution in [2.24, 2.45) is 0 Å². The van der Waals surface area contributed by atoms with Crippen molar-refractivity contribution in [2.75, 3.05) is 13.2 Å². The number of thiazole rings is 2. The molecule has 0 aliphatic carbocycles. The van der Waals surface area contributed by atoms with Crippen molar-refractivity contribution in [3.63, 3.8) is 0 Å². The third kappa shape index (κ3) is 17.9. The smallest absolute Gasteiger partial charge is 0.552 e. The molecule has 0 unspecified atom stereocenters. The maximum atomic E-state index is 10.5. The van der Waals surface area contributed by atoms with Gasteiger partial charge in [0.05, 0.1) is 27.8 Å². The van der Waals surface area contributed by atoms with Crippen LogP contribution in [0.5, 0.6) is 11.5 Å². The molecule has 0 saturated carbocycles. The summed E-state index contributed by atoms with van der Waals surface area (Å²) in [6.45, 7) is 7.86. The third-order valence-electron chi connectivity index (χ3n) is 5.41. The molecular formula is C31H41BN2NaO7S2. The number of carbonyl (C=O) groups is 1. The van der Waals surface area contributed by atoms with E-state index in [0.717, 1.165) is 57.1 Å². The van der Waals surface area contributed by atoms with E-state index in [4.69, 9.17) is 24.4 Å². The van der Waals surface area contributed by atoms with E-state index >= 15 is 0 Å². The largest absolute Gasteiger partial charge is 1.00 e. The fourth-order valence-electron chi connectivity index (χ4n) is 3.44. The van der Waals surface area contributed by atoms with E-state index in [0.29, 0.717) is 19.6 Å². The van der Waals surface area contributed by atoms with Gasteiger partial charge in [-0.25, -0.2) is 16.6 Å². The van der Waals surface area contributed by atoms with Gasteiger partial charge < -0.3 is 29.9 Å². The second-order valence-electron chi connectivity index (χ2n) is 8.80. The number of hydrogen-bond donors (Lipinski definition) is 2. The Kier molecular flexibility index (Phi) is 24.9. The molecule has 0 bridgehead atoms. The Morgan fingerprint density at radius 2 is 1.39 bits per heavy atom. The molecular weight excluding hydrogens is 610 g/mol. The summed E-state index contributed by atoms with van der Waals surface area (Å²) in [5, 5.41) is 23.5. The number of aromatic nitrogens is 2. The average Bonchev–Trinajstić information content (AvgIpc) is 3.73. The molecule has 13 heteroatoms. The average molecular weight is 652 g/mol. The molecule has 233 valence electrons. The van der Waals surface area contributed by atoms with Crippen LogP contribution in [0.1, 0.15) is 52.8 Å². The number of aliphatic carboxylic acids is 1. The Balaban J connectivity index is 0. The Morgan fingerprint density at radius 3 is 1.70 bits per heavy atom. The molecule has 9 nitrogen and oxygen atoms in total. The fraction of sp³-hybridized carbons (Fsp3) is 0.355. The van der Waals surface area contributed by atoms with Gasteiger partial charge in [0.2, 0.25) is 0 Å². The van der Waals surface area contributed by atoms with Crippen molar-refractivity contribution < 1.29 is 64.3 Å². The molecule has 0 atom stereocenters. The monoisotopic (exact) mass is 651 g/mol. The SMILES string of the molecule is C.Cc1nc(COc2ccc(CC(=O)O)cc2)cs1.Cc1nc(COc2ccc(CCO)cc2)cs1.O.[B].[CH-]1CCCO1.[Na+]. The van der Waals surface area contributed by atoms with E-state index in [1.54, 1.807) is 46.9 Å². The van der Waals surface area contributed by atoms with Crippen LogP contribution in [-0.2, 0) is 35.6 Å². The van der Waals surface area contributed by atoms with E-state index in [-0.39, 0.29) is 63.9 Å². The molecule has 1 fully saturated rings. The van der Waals surface area contributed by atoms with Crippen molar-refractivity contribution in [3.8, 4) is 11.5 Å². The molecule has 2 aromatic heterocycles. The number of nitrogens with zero attached hydrogens (tertiary/aromatic N) is 2. The van der Waals surface area contributed by atoms with E-state index in [9.17, 15) is 4.79 Å². The molecule has 2 aromatic carbocycles. The number of rotatable bonds is 10. The molecule has 1 saturated heterocycles. The van der Waals surface area contributed by atoms with E-state index in [1.807, 2.05) is 55.5 Å². The predicted molar refractivity (Wildman–Crippen MR) is 173 cm³/mol. The van der Waals surface area contributed by atoms with Gasteiger partial charge in [0.1, 0.15) is 24.7 Å². The van der Waals surface area contributed by atoms with Gasteiger partial charge in [-0.2, -0.15) is 6.42 Å². The van der Waals surface area contributed by atoms with Crippen LogP contribution in [0.3, 0.4) is 0 Å². The van der Waals surface area contributed by atoms with E-state index in [1.165, 1.54) is 6.42 Å². The summed E-state index contributed by atoms with van der Waals surface area (Å²) in [5.74, 6) is 0.716. The zero-order valence-electron chi connectivity index (χ0n) is 24.8. The van der Waals surface area contributed by atoms with Gasteiger partial charge in [-0.05, 0) is 55.7 Å². The van der Waals surface area contributed by atoms with Crippen molar-refractivity contribution in [3.05, 3.63) is 98.4 Å². The Morgan fingerprint density at radius 1 is 0.909 bits per heavy atom. The molecule has 4 N–H and O–H groups in total. The van der Waals surface area contributed by atoms with Crippen LogP contribution in [0, 0.1) is 20.5 Å². The number of aliphatic hydroxyl groups is 1. The quantitative estimate of drug-likeness (QED) is 0.197. The number of carboxylic acid groups (broad SMARTS) is 1. The van der Waals surface area contributed by atoms with Crippen LogP contribution in [0.4, 0.5) is 0 Å². The normalized spacial score (nSPS) is 11.0. The predicted octanol–water partition coefficient (Wildman–Crippen LogP) is 2.62. The van der Waals surface area contributed by atoms with Crippen LogP contribution in [0.15, 0.2) is 59.3 Å². The number of benzene rings is 2. The minimum Gasteiger partial charge on any atom is -0.552 e. The summed E-state index contributed by atoms with van der Waals surface area (Å²) in [6, 6.07) is 14.9. The van der Waals surface area contributed by atoms with E-state index < -0.39 is 5.97 Å². The van der Waals surface area contributed by atoms with Crippen LogP contribution in [-0.4, -0.2) is 53.3 Å². The Bertz CT molecular complexity index is 1280. The number of aryl methyl sites for hydroxylation is 2. The summed E-state index contributed by atoms with van der Waals surface area (Å²) in [7, 11) is 0. The molecule has 4 aromatic rings. The van der Waals surface area contributed by atoms with Crippen molar-refractivity contribution >= 4 is 37.1 Å². The summed E-state index contributed by atoms with van der Waals surface area (Å²) >= 11 is 3.22. The Hall–Kier alpha value is -2.29. The molecule has 0 amide bonds. The van der Waals surface area contributed by atoms with Crippen LogP contribution in [0.25, 0.3) is 0 Å². The number of hydrogen-bond acceptors (Lipinski definition) is 9.